The number of anilines is 1. The normalized spacial score (nSPS) is 10.7. The minimum atomic E-state index is 0.478. The average Bonchev–Trinajstić information content (AvgIpc) is 3.16. The summed E-state index contributed by atoms with van der Waals surface area (Å²) in [5, 5.41) is 3.02. The molecule has 0 radical (unpaired) electrons. The summed E-state index contributed by atoms with van der Waals surface area (Å²) in [6, 6.07) is 18.1. The van der Waals surface area contributed by atoms with Gasteiger partial charge in [0.2, 0.25) is 0 Å². The fourth-order valence-corrected chi connectivity index (χ4v) is 3.71. The van der Waals surface area contributed by atoms with Crippen LogP contribution in [0.1, 0.15) is 5.01 Å². The van der Waals surface area contributed by atoms with E-state index in [2.05, 4.69) is 39.5 Å². The van der Waals surface area contributed by atoms with E-state index in [4.69, 9.17) is 27.9 Å². The van der Waals surface area contributed by atoms with E-state index < -0.39 is 0 Å². The first kappa shape index (κ1) is 19.0. The number of hydrogen-bond donors (Lipinski definition) is 0. The number of rotatable bonds is 9. The van der Waals surface area contributed by atoms with E-state index in [-0.39, 0.29) is 0 Å². The predicted molar refractivity (Wildman–Crippen MR) is 112 cm³/mol. The SMILES string of the molecule is ClCCN(CCCl)c1ccc(-c2csc(COc3ccccc3)n2)cc1. The molecular weight excluding hydrogens is 387 g/mol. The number of nitrogens with zero attached hydrogens (tertiary/aromatic N) is 2. The van der Waals surface area contributed by atoms with Gasteiger partial charge < -0.3 is 9.64 Å². The lowest BCUT2D eigenvalue weighted by Gasteiger charge is -2.22. The third-order valence-corrected chi connectivity index (χ3v) is 5.05. The highest BCUT2D eigenvalue weighted by atomic mass is 35.5. The lowest BCUT2D eigenvalue weighted by Crippen LogP contribution is -2.27. The molecule has 3 nitrogen and oxygen atoms in total. The Morgan fingerprint density at radius 2 is 1.62 bits per heavy atom. The van der Waals surface area contributed by atoms with E-state index in [0.29, 0.717) is 18.4 Å². The molecule has 1 heterocycles. The Bertz CT molecular complexity index is 787. The highest BCUT2D eigenvalue weighted by molar-refractivity contribution is 7.09. The van der Waals surface area contributed by atoms with Gasteiger partial charge in [0.25, 0.3) is 0 Å². The maximum Gasteiger partial charge on any atom is 0.140 e. The Morgan fingerprint density at radius 1 is 0.923 bits per heavy atom. The standard InChI is InChI=1S/C20H20Cl2N2OS/c21-10-12-24(13-11-22)17-8-6-16(7-9-17)19-15-26-20(23-19)14-25-18-4-2-1-3-5-18/h1-9,15H,10-14H2. The molecule has 0 saturated carbocycles. The zero-order valence-electron chi connectivity index (χ0n) is 14.3. The van der Waals surface area contributed by atoms with E-state index in [0.717, 1.165) is 40.8 Å². The lowest BCUT2D eigenvalue weighted by molar-refractivity contribution is 0.305. The van der Waals surface area contributed by atoms with Gasteiger partial charge in [0.15, 0.2) is 0 Å². The Balaban J connectivity index is 1.65. The van der Waals surface area contributed by atoms with Crippen molar-refractivity contribution in [2.45, 2.75) is 6.61 Å². The number of ether oxygens (including phenoxy) is 1. The molecule has 3 aromatic rings. The molecule has 0 saturated heterocycles. The van der Waals surface area contributed by atoms with Gasteiger partial charge in [-0.15, -0.1) is 34.5 Å². The third-order valence-electron chi connectivity index (χ3n) is 3.89. The van der Waals surface area contributed by atoms with Crippen LogP contribution in [0.2, 0.25) is 0 Å². The predicted octanol–water partition coefficient (Wildman–Crippen LogP) is 5.67. The lowest BCUT2D eigenvalue weighted by atomic mass is 10.1. The zero-order chi connectivity index (χ0) is 18.2. The Morgan fingerprint density at radius 3 is 2.27 bits per heavy atom. The second-order valence-electron chi connectivity index (χ2n) is 5.64. The first-order valence-corrected chi connectivity index (χ1v) is 10.3. The van der Waals surface area contributed by atoms with Crippen LogP contribution in [0.15, 0.2) is 60.0 Å². The van der Waals surface area contributed by atoms with Crippen molar-refractivity contribution < 1.29 is 4.74 Å². The van der Waals surface area contributed by atoms with E-state index in [9.17, 15) is 0 Å². The van der Waals surface area contributed by atoms with Crippen LogP contribution >= 0.6 is 34.5 Å². The first-order chi connectivity index (χ1) is 12.8. The van der Waals surface area contributed by atoms with Crippen molar-refractivity contribution >= 4 is 40.2 Å². The van der Waals surface area contributed by atoms with Crippen LogP contribution in [-0.4, -0.2) is 29.8 Å². The summed E-state index contributed by atoms with van der Waals surface area (Å²) in [6.07, 6.45) is 0. The molecular formula is C20H20Cl2N2OS. The van der Waals surface area contributed by atoms with E-state index in [1.54, 1.807) is 11.3 Å². The van der Waals surface area contributed by atoms with Crippen LogP contribution in [0.3, 0.4) is 0 Å². The molecule has 136 valence electrons. The molecule has 0 aliphatic heterocycles. The number of aromatic nitrogens is 1. The number of thiazole rings is 1. The number of benzene rings is 2. The highest BCUT2D eigenvalue weighted by Gasteiger charge is 2.08. The summed E-state index contributed by atoms with van der Waals surface area (Å²) < 4.78 is 5.76. The summed E-state index contributed by atoms with van der Waals surface area (Å²) in [7, 11) is 0. The molecule has 1 aromatic heterocycles. The van der Waals surface area contributed by atoms with Crippen molar-refractivity contribution in [2.24, 2.45) is 0 Å². The molecule has 3 rings (SSSR count). The Hall–Kier alpha value is -1.75. The topological polar surface area (TPSA) is 25.4 Å². The van der Waals surface area contributed by atoms with Crippen molar-refractivity contribution in [3.05, 3.63) is 65.0 Å². The summed E-state index contributed by atoms with van der Waals surface area (Å²) in [5.41, 5.74) is 3.18. The number of hydrogen-bond acceptors (Lipinski definition) is 4. The van der Waals surface area contributed by atoms with Gasteiger partial charge in [0.1, 0.15) is 17.4 Å². The largest absolute Gasteiger partial charge is 0.486 e. The zero-order valence-corrected chi connectivity index (χ0v) is 16.6. The van der Waals surface area contributed by atoms with Gasteiger partial charge in [-0.05, 0) is 24.3 Å². The van der Waals surface area contributed by atoms with Crippen LogP contribution < -0.4 is 9.64 Å². The van der Waals surface area contributed by atoms with Crippen molar-refractivity contribution in [2.75, 3.05) is 29.7 Å². The van der Waals surface area contributed by atoms with Crippen LogP contribution in [0.5, 0.6) is 5.75 Å². The molecule has 0 unspecified atom stereocenters. The Kier molecular flexibility index (Phi) is 7.18. The van der Waals surface area contributed by atoms with Gasteiger partial charge in [-0.1, -0.05) is 30.3 Å². The van der Waals surface area contributed by atoms with E-state index >= 15 is 0 Å². The fraction of sp³-hybridized carbons (Fsp3) is 0.250. The molecule has 0 fully saturated rings. The smallest absolute Gasteiger partial charge is 0.140 e. The number of alkyl halides is 2. The number of halogens is 2. The third kappa shape index (κ3) is 5.13. The highest BCUT2D eigenvalue weighted by Crippen LogP contribution is 2.25. The quantitative estimate of drug-likeness (QED) is 0.427. The maximum absolute atomic E-state index is 5.88. The van der Waals surface area contributed by atoms with E-state index in [1.165, 1.54) is 0 Å². The van der Waals surface area contributed by atoms with Crippen LogP contribution in [-0.2, 0) is 6.61 Å². The summed E-state index contributed by atoms with van der Waals surface area (Å²) in [5.74, 6) is 2.01. The molecule has 0 bridgehead atoms. The maximum atomic E-state index is 5.88. The average molecular weight is 407 g/mol. The molecule has 2 aromatic carbocycles. The van der Waals surface area contributed by atoms with Crippen molar-refractivity contribution in [1.29, 1.82) is 0 Å². The van der Waals surface area contributed by atoms with Crippen molar-refractivity contribution in [3.63, 3.8) is 0 Å². The molecule has 0 aliphatic rings. The first-order valence-electron chi connectivity index (χ1n) is 8.39. The fourth-order valence-electron chi connectivity index (χ4n) is 2.59. The monoisotopic (exact) mass is 406 g/mol. The van der Waals surface area contributed by atoms with Crippen LogP contribution in [0.25, 0.3) is 11.3 Å². The second-order valence-corrected chi connectivity index (χ2v) is 7.34. The molecule has 0 atom stereocenters. The summed E-state index contributed by atoms with van der Waals surface area (Å²) >= 11 is 13.4. The number of para-hydroxylation sites is 1. The Labute approximate surface area is 168 Å². The van der Waals surface area contributed by atoms with Crippen LogP contribution in [0.4, 0.5) is 5.69 Å². The second kappa shape index (κ2) is 9.81. The van der Waals surface area contributed by atoms with Crippen molar-refractivity contribution in [1.82, 2.24) is 4.98 Å². The molecule has 0 N–H and O–H groups in total. The van der Waals surface area contributed by atoms with E-state index in [1.807, 2.05) is 30.3 Å². The summed E-state index contributed by atoms with van der Waals surface area (Å²) in [4.78, 5) is 6.86. The van der Waals surface area contributed by atoms with Gasteiger partial charge in [-0.3, -0.25) is 0 Å². The van der Waals surface area contributed by atoms with Crippen LogP contribution in [0, 0.1) is 0 Å². The van der Waals surface area contributed by atoms with Crippen molar-refractivity contribution in [3.8, 4) is 17.0 Å². The molecule has 26 heavy (non-hydrogen) atoms. The molecule has 0 amide bonds. The molecule has 0 aliphatic carbocycles. The summed E-state index contributed by atoms with van der Waals surface area (Å²) in [6.45, 7) is 2.04. The van der Waals surface area contributed by atoms with Gasteiger partial charge in [0.05, 0.1) is 5.69 Å². The molecule has 6 heteroatoms. The van der Waals surface area contributed by atoms with Gasteiger partial charge in [-0.2, -0.15) is 0 Å². The van der Waals surface area contributed by atoms with Gasteiger partial charge in [-0.25, -0.2) is 4.98 Å². The molecule has 0 spiro atoms. The minimum absolute atomic E-state index is 0.478. The minimum Gasteiger partial charge on any atom is -0.486 e. The van der Waals surface area contributed by atoms with Gasteiger partial charge >= 0.3 is 0 Å². The van der Waals surface area contributed by atoms with Gasteiger partial charge in [0, 0.05) is 41.5 Å².